The van der Waals surface area contributed by atoms with Gasteiger partial charge in [0.1, 0.15) is 0 Å². The lowest BCUT2D eigenvalue weighted by molar-refractivity contribution is -0.133. The normalized spacial score (nSPS) is 19.4. The van der Waals surface area contributed by atoms with Crippen molar-refractivity contribution in [2.24, 2.45) is 0 Å². The van der Waals surface area contributed by atoms with Crippen molar-refractivity contribution in [3.8, 4) is 0 Å². The van der Waals surface area contributed by atoms with Gasteiger partial charge < -0.3 is 9.80 Å². The number of carbonyl (C=O) groups excluding carboxylic acids is 1. The van der Waals surface area contributed by atoms with Gasteiger partial charge in [-0.3, -0.25) is 9.69 Å². The molecular weight excluding hydrogens is 357 g/mol. The van der Waals surface area contributed by atoms with Gasteiger partial charge in [-0.2, -0.15) is 0 Å². The molecule has 1 saturated heterocycles. The van der Waals surface area contributed by atoms with Crippen LogP contribution in [0.2, 0.25) is 5.02 Å². The second kappa shape index (κ2) is 9.65. The number of nitrogens with zero attached hydrogens (tertiary/aromatic N) is 3. The number of anilines is 1. The number of halogens is 2. The highest BCUT2D eigenvalue weighted by molar-refractivity contribution is 6.30. The summed E-state index contributed by atoms with van der Waals surface area (Å²) in [5, 5.41) is 0.777. The summed E-state index contributed by atoms with van der Waals surface area (Å²) in [6.07, 6.45) is 6.20. The van der Waals surface area contributed by atoms with E-state index in [2.05, 4.69) is 15.9 Å². The Bertz CT molecular complexity index is 555. The lowest BCUT2D eigenvalue weighted by Crippen LogP contribution is -2.51. The minimum atomic E-state index is 0. The molecule has 1 amide bonds. The summed E-state index contributed by atoms with van der Waals surface area (Å²) < 4.78 is 0. The molecule has 0 N–H and O–H groups in total. The lowest BCUT2D eigenvalue weighted by Gasteiger charge is -2.37. The maximum atomic E-state index is 12.6. The van der Waals surface area contributed by atoms with Gasteiger partial charge in [-0.15, -0.1) is 12.4 Å². The van der Waals surface area contributed by atoms with E-state index in [-0.39, 0.29) is 18.3 Å². The van der Waals surface area contributed by atoms with Crippen LogP contribution in [-0.2, 0) is 4.79 Å². The van der Waals surface area contributed by atoms with Gasteiger partial charge in [0.2, 0.25) is 5.91 Å². The zero-order chi connectivity index (χ0) is 16.9. The number of carbonyl (C=O) groups is 1. The van der Waals surface area contributed by atoms with E-state index in [4.69, 9.17) is 11.6 Å². The zero-order valence-electron chi connectivity index (χ0n) is 15.0. The van der Waals surface area contributed by atoms with E-state index in [0.717, 1.165) is 31.2 Å². The minimum Gasteiger partial charge on any atom is -0.369 e. The number of rotatable bonds is 4. The maximum absolute atomic E-state index is 12.6. The third kappa shape index (κ3) is 5.50. The molecule has 1 heterocycles. The molecule has 0 radical (unpaired) electrons. The topological polar surface area (TPSA) is 26.8 Å². The van der Waals surface area contributed by atoms with E-state index in [1.807, 2.05) is 30.1 Å². The first-order chi connectivity index (χ1) is 11.6. The molecule has 6 heteroatoms. The van der Waals surface area contributed by atoms with Crippen LogP contribution < -0.4 is 4.90 Å². The molecule has 0 atom stereocenters. The zero-order valence-corrected chi connectivity index (χ0v) is 16.6. The van der Waals surface area contributed by atoms with Crippen molar-refractivity contribution in [2.75, 3.05) is 44.7 Å². The number of benzene rings is 1. The number of amides is 1. The quantitative estimate of drug-likeness (QED) is 0.790. The Morgan fingerprint density at radius 3 is 2.48 bits per heavy atom. The average Bonchev–Trinajstić information content (AvgIpc) is 2.62. The summed E-state index contributed by atoms with van der Waals surface area (Å²) in [6, 6.07) is 8.47. The van der Waals surface area contributed by atoms with Crippen molar-refractivity contribution in [3.05, 3.63) is 29.3 Å². The summed E-state index contributed by atoms with van der Waals surface area (Å²) in [5.74, 6) is 0.276. The molecule has 0 unspecified atom stereocenters. The molecule has 0 spiro atoms. The fraction of sp³-hybridized carbons (Fsp3) is 0.632. The monoisotopic (exact) mass is 385 g/mol. The molecule has 140 valence electrons. The maximum Gasteiger partial charge on any atom is 0.236 e. The van der Waals surface area contributed by atoms with Crippen LogP contribution in [0.3, 0.4) is 0 Å². The van der Waals surface area contributed by atoms with E-state index in [1.54, 1.807) is 0 Å². The predicted molar refractivity (Wildman–Crippen MR) is 107 cm³/mol. The fourth-order valence-electron chi connectivity index (χ4n) is 3.81. The van der Waals surface area contributed by atoms with Crippen molar-refractivity contribution in [1.29, 1.82) is 0 Å². The molecule has 2 fully saturated rings. The van der Waals surface area contributed by atoms with Gasteiger partial charge in [0.25, 0.3) is 0 Å². The molecule has 0 aromatic heterocycles. The molecule has 0 bridgehead atoms. The van der Waals surface area contributed by atoms with Crippen molar-refractivity contribution >= 4 is 35.6 Å². The smallest absolute Gasteiger partial charge is 0.236 e. The first-order valence-electron chi connectivity index (χ1n) is 9.12. The van der Waals surface area contributed by atoms with Crippen molar-refractivity contribution in [3.63, 3.8) is 0 Å². The van der Waals surface area contributed by atoms with Gasteiger partial charge in [0.05, 0.1) is 6.54 Å². The number of hydrogen-bond acceptors (Lipinski definition) is 3. The first kappa shape index (κ1) is 20.3. The van der Waals surface area contributed by atoms with Gasteiger partial charge in [-0.1, -0.05) is 36.9 Å². The van der Waals surface area contributed by atoms with Crippen molar-refractivity contribution < 1.29 is 4.79 Å². The summed E-state index contributed by atoms with van der Waals surface area (Å²) in [5.41, 5.74) is 1.17. The molecule has 3 rings (SSSR count). The third-order valence-electron chi connectivity index (χ3n) is 5.42. The Morgan fingerprint density at radius 2 is 1.84 bits per heavy atom. The molecule has 1 saturated carbocycles. The predicted octanol–water partition coefficient (Wildman–Crippen LogP) is 3.67. The van der Waals surface area contributed by atoms with E-state index >= 15 is 0 Å². The molecule has 4 nitrogen and oxygen atoms in total. The highest BCUT2D eigenvalue weighted by Crippen LogP contribution is 2.23. The Morgan fingerprint density at radius 1 is 1.16 bits per heavy atom. The van der Waals surface area contributed by atoms with E-state index in [1.165, 1.54) is 37.8 Å². The lowest BCUT2D eigenvalue weighted by atomic mass is 9.94. The molecule has 1 aromatic carbocycles. The number of hydrogen-bond donors (Lipinski definition) is 0. The first-order valence-corrected chi connectivity index (χ1v) is 9.50. The van der Waals surface area contributed by atoms with Crippen molar-refractivity contribution in [2.45, 2.75) is 38.1 Å². The number of likely N-dealkylation sites (N-methyl/N-ethyl adjacent to an activating group) is 1. The Hall–Kier alpha value is -0.970. The van der Waals surface area contributed by atoms with Crippen LogP contribution in [0.15, 0.2) is 24.3 Å². The van der Waals surface area contributed by atoms with E-state index < -0.39 is 0 Å². The fourth-order valence-corrected chi connectivity index (χ4v) is 4.00. The molecule has 1 aliphatic heterocycles. The third-order valence-corrected chi connectivity index (χ3v) is 5.66. The van der Waals surface area contributed by atoms with Crippen LogP contribution in [0.4, 0.5) is 5.69 Å². The van der Waals surface area contributed by atoms with Crippen LogP contribution in [0.5, 0.6) is 0 Å². The Labute approximate surface area is 162 Å². The highest BCUT2D eigenvalue weighted by Gasteiger charge is 2.25. The summed E-state index contributed by atoms with van der Waals surface area (Å²) in [4.78, 5) is 19.2. The van der Waals surface area contributed by atoms with E-state index in [9.17, 15) is 4.79 Å². The summed E-state index contributed by atoms with van der Waals surface area (Å²) in [6.45, 7) is 4.30. The van der Waals surface area contributed by atoms with Crippen LogP contribution in [0, 0.1) is 0 Å². The van der Waals surface area contributed by atoms with Crippen LogP contribution in [0.1, 0.15) is 32.1 Å². The SMILES string of the molecule is CN(C(=O)CN1CCN(c2cccc(Cl)c2)CC1)C1CCCCC1.Cl. The minimum absolute atomic E-state index is 0. The molecule has 1 aliphatic carbocycles. The van der Waals surface area contributed by atoms with Crippen LogP contribution >= 0.6 is 24.0 Å². The highest BCUT2D eigenvalue weighted by atomic mass is 35.5. The van der Waals surface area contributed by atoms with Gasteiger partial charge in [-0.25, -0.2) is 0 Å². The second-order valence-corrected chi connectivity index (χ2v) is 7.48. The largest absolute Gasteiger partial charge is 0.369 e. The van der Waals surface area contributed by atoms with Crippen molar-refractivity contribution in [1.82, 2.24) is 9.80 Å². The average molecular weight is 386 g/mol. The Balaban J connectivity index is 0.00000225. The van der Waals surface area contributed by atoms with Gasteiger partial charge in [-0.05, 0) is 31.0 Å². The summed E-state index contributed by atoms with van der Waals surface area (Å²) in [7, 11) is 1.99. The standard InChI is InChI=1S/C19H28ClN3O.ClH/c1-21(17-7-3-2-4-8-17)19(24)15-22-10-12-23(13-11-22)18-9-5-6-16(20)14-18;/h5-6,9,14,17H,2-4,7-8,10-13,15H2,1H3;1H. The van der Waals surface area contributed by atoms with Crippen LogP contribution in [-0.4, -0.2) is 61.5 Å². The van der Waals surface area contributed by atoms with Crippen LogP contribution in [0.25, 0.3) is 0 Å². The molecule has 1 aromatic rings. The number of piperazine rings is 1. The summed E-state index contributed by atoms with van der Waals surface area (Å²) >= 11 is 6.08. The van der Waals surface area contributed by atoms with E-state index in [0.29, 0.717) is 12.6 Å². The van der Waals surface area contributed by atoms with Gasteiger partial charge in [0, 0.05) is 50.0 Å². The van der Waals surface area contributed by atoms with Gasteiger partial charge >= 0.3 is 0 Å². The molecular formula is C19H29Cl2N3O. The van der Waals surface area contributed by atoms with Gasteiger partial charge in [0.15, 0.2) is 0 Å². The molecule has 2 aliphatic rings. The second-order valence-electron chi connectivity index (χ2n) is 7.04. The Kier molecular flexibility index (Phi) is 7.85. The molecule has 25 heavy (non-hydrogen) atoms.